The maximum absolute atomic E-state index is 4.26. The van der Waals surface area contributed by atoms with E-state index in [1.54, 1.807) is 11.3 Å². The second-order valence-corrected chi connectivity index (χ2v) is 4.43. The highest BCUT2D eigenvalue weighted by atomic mass is 32.1. The second-order valence-electron chi connectivity index (χ2n) is 3.71. The smallest absolute Gasteiger partial charge is 0.0794 e. The molecule has 4 heteroatoms. The van der Waals surface area contributed by atoms with Crippen LogP contribution in [0.25, 0.3) is 0 Å². The van der Waals surface area contributed by atoms with E-state index in [0.29, 0.717) is 0 Å². The van der Waals surface area contributed by atoms with Crippen molar-refractivity contribution < 1.29 is 0 Å². The van der Waals surface area contributed by atoms with Gasteiger partial charge in [-0.3, -0.25) is 4.98 Å². The summed E-state index contributed by atoms with van der Waals surface area (Å²) >= 11 is 1.65. The lowest BCUT2D eigenvalue weighted by atomic mass is 10.2. The maximum atomic E-state index is 4.26. The Morgan fingerprint density at radius 2 is 2.25 bits per heavy atom. The van der Waals surface area contributed by atoms with Crippen molar-refractivity contribution in [2.75, 3.05) is 6.54 Å². The Bertz CT molecular complexity index is 408. The van der Waals surface area contributed by atoms with E-state index in [0.717, 1.165) is 25.2 Å². The highest BCUT2D eigenvalue weighted by Crippen LogP contribution is 2.01. The molecule has 0 aliphatic heterocycles. The molecule has 0 aliphatic carbocycles. The van der Waals surface area contributed by atoms with Gasteiger partial charge in [0.25, 0.3) is 0 Å². The van der Waals surface area contributed by atoms with Crippen LogP contribution >= 0.6 is 11.3 Å². The van der Waals surface area contributed by atoms with Crippen LogP contribution in [0.15, 0.2) is 29.2 Å². The third-order valence-electron chi connectivity index (χ3n) is 2.34. The van der Waals surface area contributed by atoms with E-state index in [4.69, 9.17) is 0 Å². The first-order valence-corrected chi connectivity index (χ1v) is 6.28. The molecule has 2 heterocycles. The summed E-state index contributed by atoms with van der Waals surface area (Å²) < 4.78 is 0. The number of hydrogen-bond acceptors (Lipinski definition) is 4. The first-order valence-electron chi connectivity index (χ1n) is 5.34. The third-order valence-corrected chi connectivity index (χ3v) is 2.98. The summed E-state index contributed by atoms with van der Waals surface area (Å²) in [5, 5.41) is 5.48. The van der Waals surface area contributed by atoms with Gasteiger partial charge in [0.1, 0.15) is 0 Å². The largest absolute Gasteiger partial charge is 0.312 e. The molecular weight excluding hydrogens is 218 g/mol. The van der Waals surface area contributed by atoms with Gasteiger partial charge in [-0.05, 0) is 18.6 Å². The predicted octanol–water partition coefficient (Wildman–Crippen LogP) is 2.18. The van der Waals surface area contributed by atoms with Gasteiger partial charge in [-0.25, -0.2) is 4.98 Å². The molecule has 0 aliphatic rings. The molecule has 0 radical (unpaired) electrons. The summed E-state index contributed by atoms with van der Waals surface area (Å²) in [4.78, 5) is 8.50. The molecule has 84 valence electrons. The minimum absolute atomic E-state index is 0.872. The van der Waals surface area contributed by atoms with Gasteiger partial charge in [0.05, 0.1) is 11.2 Å². The number of rotatable bonds is 5. The van der Waals surface area contributed by atoms with Crippen molar-refractivity contribution in [1.29, 1.82) is 0 Å². The highest BCUT2D eigenvalue weighted by molar-refractivity contribution is 7.07. The van der Waals surface area contributed by atoms with Gasteiger partial charge in [-0.15, -0.1) is 11.3 Å². The van der Waals surface area contributed by atoms with Crippen molar-refractivity contribution in [2.45, 2.75) is 19.9 Å². The maximum Gasteiger partial charge on any atom is 0.0794 e. The van der Waals surface area contributed by atoms with E-state index in [1.165, 1.54) is 11.3 Å². The monoisotopic (exact) mass is 233 g/mol. The van der Waals surface area contributed by atoms with Gasteiger partial charge in [0.2, 0.25) is 0 Å². The minimum Gasteiger partial charge on any atom is -0.312 e. The molecule has 0 amide bonds. The summed E-state index contributed by atoms with van der Waals surface area (Å²) in [6.45, 7) is 3.83. The van der Waals surface area contributed by atoms with Gasteiger partial charge in [0, 0.05) is 36.8 Å². The van der Waals surface area contributed by atoms with Crippen molar-refractivity contribution >= 4 is 11.3 Å². The van der Waals surface area contributed by atoms with E-state index >= 15 is 0 Å². The molecule has 16 heavy (non-hydrogen) atoms. The van der Waals surface area contributed by atoms with Gasteiger partial charge in [-0.1, -0.05) is 6.07 Å². The fourth-order valence-corrected chi connectivity index (χ4v) is 2.01. The molecule has 0 fully saturated rings. The zero-order valence-electron chi connectivity index (χ0n) is 9.31. The Balaban J connectivity index is 1.70. The number of hydrogen-bond donors (Lipinski definition) is 1. The molecule has 0 saturated carbocycles. The van der Waals surface area contributed by atoms with Gasteiger partial charge in [0.15, 0.2) is 0 Å². The van der Waals surface area contributed by atoms with Crippen molar-refractivity contribution in [2.24, 2.45) is 0 Å². The molecule has 1 N–H and O–H groups in total. The molecule has 2 rings (SSSR count). The molecule has 0 bridgehead atoms. The van der Waals surface area contributed by atoms with Gasteiger partial charge < -0.3 is 5.32 Å². The lowest BCUT2D eigenvalue weighted by Crippen LogP contribution is -2.16. The Morgan fingerprint density at radius 3 is 2.94 bits per heavy atom. The van der Waals surface area contributed by atoms with E-state index in [-0.39, 0.29) is 0 Å². The highest BCUT2D eigenvalue weighted by Gasteiger charge is 1.95. The summed E-state index contributed by atoms with van der Waals surface area (Å²) in [6.07, 6.45) is 2.91. The Morgan fingerprint density at radius 1 is 1.31 bits per heavy atom. The van der Waals surface area contributed by atoms with Crippen LogP contribution in [0, 0.1) is 6.92 Å². The van der Waals surface area contributed by atoms with Gasteiger partial charge >= 0.3 is 0 Å². The van der Waals surface area contributed by atoms with Gasteiger partial charge in [-0.2, -0.15) is 0 Å². The summed E-state index contributed by atoms with van der Waals surface area (Å²) in [5.74, 6) is 0. The third kappa shape index (κ3) is 3.40. The number of thiazole rings is 1. The molecule has 2 aromatic heterocycles. The number of pyridine rings is 1. The zero-order valence-corrected chi connectivity index (χ0v) is 10.1. The Hall–Kier alpha value is -1.26. The summed E-state index contributed by atoms with van der Waals surface area (Å²) in [6, 6.07) is 4.15. The van der Waals surface area contributed by atoms with Crippen molar-refractivity contribution in [1.82, 2.24) is 15.3 Å². The topological polar surface area (TPSA) is 37.8 Å². The van der Waals surface area contributed by atoms with E-state index in [2.05, 4.69) is 26.7 Å². The van der Waals surface area contributed by atoms with Crippen LogP contribution in [0.5, 0.6) is 0 Å². The van der Waals surface area contributed by atoms with Crippen LogP contribution in [0.4, 0.5) is 0 Å². The average Bonchev–Trinajstić information content (AvgIpc) is 2.80. The SMILES string of the molecule is Cc1ccc(CNCCc2cscn2)cn1. The number of nitrogens with zero attached hydrogens (tertiary/aromatic N) is 2. The molecule has 2 aromatic rings. The van der Waals surface area contributed by atoms with E-state index in [9.17, 15) is 0 Å². The Kier molecular flexibility index (Phi) is 4.02. The average molecular weight is 233 g/mol. The van der Waals surface area contributed by atoms with Crippen molar-refractivity contribution in [3.05, 3.63) is 46.2 Å². The van der Waals surface area contributed by atoms with E-state index in [1.807, 2.05) is 24.7 Å². The number of aromatic nitrogens is 2. The second kappa shape index (κ2) is 5.72. The van der Waals surface area contributed by atoms with Crippen LogP contribution in [-0.4, -0.2) is 16.5 Å². The van der Waals surface area contributed by atoms with Crippen LogP contribution in [-0.2, 0) is 13.0 Å². The first-order chi connectivity index (χ1) is 7.84. The summed E-state index contributed by atoms with van der Waals surface area (Å²) in [7, 11) is 0. The molecule has 3 nitrogen and oxygen atoms in total. The van der Waals surface area contributed by atoms with Crippen LogP contribution in [0.1, 0.15) is 17.0 Å². The normalized spacial score (nSPS) is 10.6. The van der Waals surface area contributed by atoms with Crippen molar-refractivity contribution in [3.63, 3.8) is 0 Å². The molecule has 0 atom stereocenters. The lowest BCUT2D eigenvalue weighted by Gasteiger charge is -2.03. The Labute approximate surface area is 99.6 Å². The number of nitrogens with one attached hydrogen (secondary N) is 1. The van der Waals surface area contributed by atoms with Crippen LogP contribution in [0.3, 0.4) is 0 Å². The first kappa shape index (κ1) is 11.2. The van der Waals surface area contributed by atoms with E-state index < -0.39 is 0 Å². The quantitative estimate of drug-likeness (QED) is 0.804. The number of aryl methyl sites for hydroxylation is 1. The molecule has 0 saturated heterocycles. The van der Waals surface area contributed by atoms with Crippen molar-refractivity contribution in [3.8, 4) is 0 Å². The van der Waals surface area contributed by atoms with Crippen LogP contribution in [0.2, 0.25) is 0 Å². The molecule has 0 spiro atoms. The predicted molar refractivity (Wildman–Crippen MR) is 66.5 cm³/mol. The molecular formula is C12H15N3S. The molecule has 0 unspecified atom stereocenters. The fourth-order valence-electron chi connectivity index (χ4n) is 1.41. The minimum atomic E-state index is 0.872. The molecule has 0 aromatic carbocycles. The van der Waals surface area contributed by atoms with Crippen LogP contribution < -0.4 is 5.32 Å². The fraction of sp³-hybridized carbons (Fsp3) is 0.333. The summed E-state index contributed by atoms with van der Waals surface area (Å²) in [5.41, 5.74) is 5.33. The lowest BCUT2D eigenvalue weighted by molar-refractivity contribution is 0.679. The standard InChI is InChI=1S/C12H15N3S/c1-10-2-3-11(7-14-10)6-13-5-4-12-8-16-9-15-12/h2-3,7-9,13H,4-6H2,1H3. The zero-order chi connectivity index (χ0) is 11.2.